The van der Waals surface area contributed by atoms with Crippen molar-refractivity contribution >= 4 is 10.9 Å². The number of H-pyrrole nitrogens is 1. The van der Waals surface area contributed by atoms with Crippen LogP contribution in [0.25, 0.3) is 10.9 Å². The lowest BCUT2D eigenvalue weighted by Crippen LogP contribution is -2.32. The number of ether oxygens (including phenoxy) is 1. The van der Waals surface area contributed by atoms with Crippen molar-refractivity contribution in [2.24, 2.45) is 0 Å². The van der Waals surface area contributed by atoms with Crippen LogP contribution in [0, 0.1) is 0 Å². The van der Waals surface area contributed by atoms with Gasteiger partial charge < -0.3 is 18.6 Å². The maximum Gasteiger partial charge on any atom is 0.252 e. The number of hydrogen-bond acceptors (Lipinski definition) is 8. The second kappa shape index (κ2) is 10.6. The molecule has 36 heavy (non-hydrogen) atoms. The molecule has 0 spiro atoms. The average Bonchev–Trinajstić information content (AvgIpc) is 3.67. The Morgan fingerprint density at radius 1 is 1.08 bits per heavy atom. The van der Waals surface area contributed by atoms with Gasteiger partial charge in [0.1, 0.15) is 23.8 Å². The summed E-state index contributed by atoms with van der Waals surface area (Å²) in [7, 11) is 1.63. The summed E-state index contributed by atoms with van der Waals surface area (Å²) >= 11 is 0. The van der Waals surface area contributed by atoms with E-state index >= 15 is 0 Å². The van der Waals surface area contributed by atoms with Gasteiger partial charge in [0.25, 0.3) is 5.56 Å². The van der Waals surface area contributed by atoms with Gasteiger partial charge in [-0.2, -0.15) is 0 Å². The van der Waals surface area contributed by atoms with Crippen LogP contribution < -0.4 is 10.3 Å². The Bertz CT molecular complexity index is 1460. The van der Waals surface area contributed by atoms with E-state index in [9.17, 15) is 4.79 Å². The number of benzene rings is 1. The van der Waals surface area contributed by atoms with Crippen molar-refractivity contribution in [3.63, 3.8) is 0 Å². The minimum atomic E-state index is -0.162. The summed E-state index contributed by atoms with van der Waals surface area (Å²) in [5.74, 6) is 2.99. The van der Waals surface area contributed by atoms with E-state index in [1.807, 2.05) is 48.5 Å². The van der Waals surface area contributed by atoms with Gasteiger partial charge in [0.05, 0.1) is 32.2 Å². The molecule has 0 amide bonds. The Kier molecular flexibility index (Phi) is 6.94. The van der Waals surface area contributed by atoms with Crippen molar-refractivity contribution in [2.75, 3.05) is 7.11 Å². The predicted octanol–water partition coefficient (Wildman–Crippen LogP) is 4.30. The molecule has 0 fully saturated rings. The molecule has 0 bridgehead atoms. The number of aromatic amines is 1. The molecular weight excluding hydrogens is 460 g/mol. The van der Waals surface area contributed by atoms with Crippen LogP contribution in [0.1, 0.15) is 48.7 Å². The molecule has 10 heteroatoms. The molecule has 0 aliphatic carbocycles. The number of hydrogen-bond donors (Lipinski definition) is 1. The zero-order valence-electron chi connectivity index (χ0n) is 20.3. The van der Waals surface area contributed by atoms with Crippen molar-refractivity contribution in [3.8, 4) is 5.75 Å². The van der Waals surface area contributed by atoms with Crippen LogP contribution in [0.2, 0.25) is 0 Å². The number of methoxy groups -OCH3 is 1. The molecule has 0 saturated carbocycles. The summed E-state index contributed by atoms with van der Waals surface area (Å²) < 4.78 is 18.3. The van der Waals surface area contributed by atoms with E-state index in [-0.39, 0.29) is 11.6 Å². The monoisotopic (exact) mass is 488 g/mol. The van der Waals surface area contributed by atoms with Gasteiger partial charge in [-0.25, -0.2) is 4.68 Å². The molecule has 0 aliphatic heterocycles. The van der Waals surface area contributed by atoms with E-state index in [0.717, 1.165) is 41.0 Å². The molecule has 10 nitrogen and oxygen atoms in total. The van der Waals surface area contributed by atoms with Crippen molar-refractivity contribution in [1.29, 1.82) is 0 Å². The molecule has 0 aliphatic rings. The third-order valence-electron chi connectivity index (χ3n) is 6.19. The van der Waals surface area contributed by atoms with Crippen LogP contribution in [0.3, 0.4) is 0 Å². The van der Waals surface area contributed by atoms with Gasteiger partial charge in [-0.3, -0.25) is 9.69 Å². The fourth-order valence-corrected chi connectivity index (χ4v) is 4.43. The third-order valence-corrected chi connectivity index (χ3v) is 6.19. The SMILES string of the molecule is CCC[C@H](c1nnnn1Cc1ccco1)N(Cc1ccco1)Cc1cc2cc(OC)ccc2[nH]c1=O. The molecular formula is C26H28N6O4. The van der Waals surface area contributed by atoms with Crippen molar-refractivity contribution < 1.29 is 13.6 Å². The Balaban J connectivity index is 1.53. The van der Waals surface area contributed by atoms with E-state index in [0.29, 0.717) is 31.0 Å². The lowest BCUT2D eigenvalue weighted by atomic mass is 10.1. The quantitative estimate of drug-likeness (QED) is 0.293. The number of fused-ring (bicyclic) bond motifs is 1. The number of tetrazole rings is 1. The van der Waals surface area contributed by atoms with Gasteiger partial charge in [0.2, 0.25) is 0 Å². The number of rotatable bonds is 11. The molecule has 0 unspecified atom stereocenters. The van der Waals surface area contributed by atoms with Gasteiger partial charge in [0.15, 0.2) is 5.82 Å². The highest BCUT2D eigenvalue weighted by molar-refractivity contribution is 5.80. The number of aromatic nitrogens is 5. The normalized spacial score (nSPS) is 12.4. The zero-order valence-corrected chi connectivity index (χ0v) is 20.3. The summed E-state index contributed by atoms with van der Waals surface area (Å²) in [5.41, 5.74) is 1.26. The molecule has 5 rings (SSSR count). The molecule has 0 radical (unpaired) electrons. The average molecular weight is 489 g/mol. The van der Waals surface area contributed by atoms with E-state index < -0.39 is 0 Å². The molecule has 186 valence electrons. The second-order valence-corrected chi connectivity index (χ2v) is 8.64. The summed E-state index contributed by atoms with van der Waals surface area (Å²) in [5, 5.41) is 13.5. The topological polar surface area (TPSA) is 115 Å². The van der Waals surface area contributed by atoms with Crippen LogP contribution >= 0.6 is 0 Å². The van der Waals surface area contributed by atoms with Gasteiger partial charge in [-0.15, -0.1) is 5.10 Å². The van der Waals surface area contributed by atoms with Gasteiger partial charge in [0, 0.05) is 23.0 Å². The molecule has 5 aromatic rings. The lowest BCUT2D eigenvalue weighted by molar-refractivity contribution is 0.144. The highest BCUT2D eigenvalue weighted by atomic mass is 16.5. The molecule has 1 N–H and O–H groups in total. The first-order chi connectivity index (χ1) is 17.6. The fourth-order valence-electron chi connectivity index (χ4n) is 4.43. The van der Waals surface area contributed by atoms with E-state index in [1.165, 1.54) is 0 Å². The molecule has 4 heterocycles. The molecule has 1 aromatic carbocycles. The highest BCUT2D eigenvalue weighted by Gasteiger charge is 2.27. The predicted molar refractivity (Wildman–Crippen MR) is 132 cm³/mol. The summed E-state index contributed by atoms with van der Waals surface area (Å²) in [6, 6.07) is 14.9. The molecule has 1 atom stereocenters. The number of furan rings is 2. The number of nitrogens with one attached hydrogen (secondary N) is 1. The Labute approximate surface area is 207 Å². The largest absolute Gasteiger partial charge is 0.497 e. The maximum absolute atomic E-state index is 13.1. The number of pyridine rings is 1. The Hall–Kier alpha value is -4.18. The molecule has 0 saturated heterocycles. The summed E-state index contributed by atoms with van der Waals surface area (Å²) in [4.78, 5) is 18.3. The first kappa shape index (κ1) is 23.6. The molecule has 4 aromatic heterocycles. The van der Waals surface area contributed by atoms with Crippen LogP contribution in [-0.4, -0.2) is 37.2 Å². The van der Waals surface area contributed by atoms with Gasteiger partial charge >= 0.3 is 0 Å². The summed E-state index contributed by atoms with van der Waals surface area (Å²) in [6.45, 7) is 3.40. The first-order valence-corrected chi connectivity index (χ1v) is 11.9. The Morgan fingerprint density at radius 3 is 2.61 bits per heavy atom. The second-order valence-electron chi connectivity index (χ2n) is 8.64. The summed E-state index contributed by atoms with van der Waals surface area (Å²) in [6.07, 6.45) is 4.97. The van der Waals surface area contributed by atoms with Crippen LogP contribution in [-0.2, 0) is 19.6 Å². The first-order valence-electron chi connectivity index (χ1n) is 11.9. The fraction of sp³-hybridized carbons (Fsp3) is 0.308. The number of nitrogens with zero attached hydrogens (tertiary/aromatic N) is 5. The lowest BCUT2D eigenvalue weighted by Gasteiger charge is -2.30. The smallest absolute Gasteiger partial charge is 0.252 e. The van der Waals surface area contributed by atoms with E-state index in [4.69, 9.17) is 13.6 Å². The maximum atomic E-state index is 13.1. The minimum absolute atomic E-state index is 0.137. The van der Waals surface area contributed by atoms with Crippen molar-refractivity contribution in [3.05, 3.63) is 94.3 Å². The van der Waals surface area contributed by atoms with Crippen LogP contribution in [0.15, 0.2) is 74.7 Å². The standard InChI is InChI=1S/C26H28N6O4/c1-3-6-24(25-28-29-30-32(25)17-22-8-5-12-36-22)31(16-21-7-4-11-35-21)15-19-13-18-14-20(34-2)9-10-23(18)27-26(19)33/h4-5,7-14,24H,3,6,15-17H2,1-2H3,(H,27,33)/t24-/m1/s1. The van der Waals surface area contributed by atoms with E-state index in [1.54, 1.807) is 24.3 Å². The van der Waals surface area contributed by atoms with Crippen LogP contribution in [0.5, 0.6) is 5.75 Å². The van der Waals surface area contributed by atoms with Crippen molar-refractivity contribution in [2.45, 2.75) is 45.4 Å². The highest BCUT2D eigenvalue weighted by Crippen LogP contribution is 2.28. The van der Waals surface area contributed by atoms with E-state index in [2.05, 4.69) is 32.3 Å². The van der Waals surface area contributed by atoms with Crippen molar-refractivity contribution in [1.82, 2.24) is 30.1 Å². The third kappa shape index (κ3) is 5.08. The van der Waals surface area contributed by atoms with Crippen LogP contribution in [0.4, 0.5) is 0 Å². The Morgan fingerprint density at radius 2 is 1.89 bits per heavy atom. The van der Waals surface area contributed by atoms with Gasteiger partial charge in [-0.05, 0) is 65.4 Å². The minimum Gasteiger partial charge on any atom is -0.497 e. The zero-order chi connectivity index (χ0) is 24.9. The van der Waals surface area contributed by atoms with Gasteiger partial charge in [-0.1, -0.05) is 13.3 Å².